The number of hydrogen-bond acceptors (Lipinski definition) is 4. The summed E-state index contributed by atoms with van der Waals surface area (Å²) in [5.41, 5.74) is 6.57. The highest BCUT2D eigenvalue weighted by Gasteiger charge is 2.67. The monoisotopic (exact) mass is 486 g/mol. The van der Waals surface area contributed by atoms with E-state index in [9.17, 15) is 0 Å². The lowest BCUT2D eigenvalue weighted by Crippen LogP contribution is -2.58. The summed E-state index contributed by atoms with van der Waals surface area (Å²) < 4.78 is 13.2. The minimum absolute atomic E-state index is 0.00103. The van der Waals surface area contributed by atoms with Crippen molar-refractivity contribution in [3.8, 4) is 0 Å². The van der Waals surface area contributed by atoms with Gasteiger partial charge in [0, 0.05) is 38.3 Å². The van der Waals surface area contributed by atoms with Crippen LogP contribution in [0.3, 0.4) is 0 Å². The van der Waals surface area contributed by atoms with Crippen LogP contribution in [0.1, 0.15) is 69.4 Å². The van der Waals surface area contributed by atoms with Crippen molar-refractivity contribution in [3.63, 3.8) is 0 Å². The average Bonchev–Trinajstić information content (AvgIpc) is 3.43. The summed E-state index contributed by atoms with van der Waals surface area (Å²) in [5.74, 6) is 0.646. The van der Waals surface area contributed by atoms with Gasteiger partial charge in [0.05, 0.1) is 24.4 Å². The van der Waals surface area contributed by atoms with Crippen LogP contribution in [0.25, 0.3) is 0 Å². The third kappa shape index (κ3) is 3.08. The van der Waals surface area contributed by atoms with E-state index in [2.05, 4.69) is 53.1 Å². The van der Waals surface area contributed by atoms with Gasteiger partial charge in [-0.2, -0.15) is 0 Å². The van der Waals surface area contributed by atoms with Crippen LogP contribution in [0.15, 0.2) is 47.6 Å². The Kier molecular flexibility index (Phi) is 5.02. The first-order valence-corrected chi connectivity index (χ1v) is 14.8. The molecule has 7 aliphatic rings. The Bertz CT molecular complexity index is 1120. The molecule has 2 saturated carbocycles. The van der Waals surface area contributed by atoms with Crippen LogP contribution in [0.4, 0.5) is 0 Å². The van der Waals surface area contributed by atoms with Crippen molar-refractivity contribution in [2.45, 2.75) is 94.5 Å². The normalized spacial score (nSPS) is 44.2. The molecule has 4 heteroatoms. The van der Waals surface area contributed by atoms with Gasteiger partial charge < -0.3 is 9.47 Å². The maximum absolute atomic E-state index is 7.56. The van der Waals surface area contributed by atoms with E-state index in [1.165, 1.54) is 64.3 Å². The Morgan fingerprint density at radius 2 is 1.78 bits per heavy atom. The Morgan fingerprint density at radius 3 is 2.67 bits per heavy atom. The van der Waals surface area contributed by atoms with E-state index < -0.39 is 0 Å². The number of hydrogen-bond donors (Lipinski definition) is 0. The Labute approximate surface area is 216 Å². The van der Waals surface area contributed by atoms with Gasteiger partial charge in [0.2, 0.25) is 0 Å². The SMILES string of the molecule is C[C@]12CC=C3C=C4CC[C@@H](N5CCOCC5)C[C@]45CC[C@]3(O5)[C@@H]1CC[C@@H]2N1CCc2ccccc2C1. The van der Waals surface area contributed by atoms with Gasteiger partial charge in [-0.1, -0.05) is 43.3 Å². The van der Waals surface area contributed by atoms with Crippen molar-refractivity contribution in [3.05, 3.63) is 58.7 Å². The quantitative estimate of drug-likeness (QED) is 0.568. The molecule has 36 heavy (non-hydrogen) atoms. The number of ether oxygens (including phenoxy) is 2. The molecule has 0 aromatic heterocycles. The van der Waals surface area contributed by atoms with Crippen LogP contribution >= 0.6 is 0 Å². The van der Waals surface area contributed by atoms with E-state index in [1.807, 2.05) is 0 Å². The van der Waals surface area contributed by atoms with E-state index in [-0.39, 0.29) is 11.2 Å². The largest absolute Gasteiger partial charge is 0.379 e. The predicted octanol–water partition coefficient (Wildman–Crippen LogP) is 5.27. The van der Waals surface area contributed by atoms with E-state index in [4.69, 9.17) is 9.47 Å². The summed E-state index contributed by atoms with van der Waals surface area (Å²) in [7, 11) is 0. The topological polar surface area (TPSA) is 24.9 Å². The molecule has 2 saturated heterocycles. The van der Waals surface area contributed by atoms with Crippen LogP contribution in [0, 0.1) is 11.3 Å². The maximum Gasteiger partial charge on any atom is 0.0975 e. The smallest absolute Gasteiger partial charge is 0.0975 e. The lowest BCUT2D eigenvalue weighted by Gasteiger charge is -2.56. The van der Waals surface area contributed by atoms with Gasteiger partial charge >= 0.3 is 0 Å². The molecular weight excluding hydrogens is 444 g/mol. The molecule has 2 spiro atoms. The standard InChI is InChI=1S/C32H42N2O2/c1-30-12-10-26-20-25-6-7-27(33-16-18-35-19-17-33)21-31(25)13-14-32(26,36-31)28(30)8-9-29(30)34-15-11-23-4-2-3-5-24(23)22-34/h2-5,10,20,27-29H,6-9,11-19,21-22H2,1H3/t27-,28-,29+,30+,31-,32-/m1/s1. The Balaban J connectivity index is 1.09. The average molecular weight is 487 g/mol. The molecule has 1 aromatic rings. The number of rotatable bonds is 2. The zero-order chi connectivity index (χ0) is 24.0. The van der Waals surface area contributed by atoms with Crippen molar-refractivity contribution in [2.24, 2.45) is 11.3 Å². The first kappa shape index (κ1) is 22.5. The molecule has 0 amide bonds. The van der Waals surface area contributed by atoms with Crippen LogP contribution in [-0.2, 0) is 22.4 Å². The third-order valence-electron chi connectivity index (χ3n) is 11.8. The van der Waals surface area contributed by atoms with E-state index in [1.54, 1.807) is 22.3 Å². The van der Waals surface area contributed by atoms with Gasteiger partial charge in [0.1, 0.15) is 0 Å². The van der Waals surface area contributed by atoms with E-state index >= 15 is 0 Å². The fourth-order valence-corrected chi connectivity index (χ4v) is 9.99. The Hall–Kier alpha value is -1.46. The fourth-order valence-electron chi connectivity index (χ4n) is 9.99. The fraction of sp³-hybridized carbons (Fsp3) is 0.688. The summed E-state index contributed by atoms with van der Waals surface area (Å²) in [6.07, 6.45) is 16.5. The lowest BCUT2D eigenvalue weighted by molar-refractivity contribution is -0.147. The first-order chi connectivity index (χ1) is 17.6. The molecule has 4 aliphatic heterocycles. The predicted molar refractivity (Wildman–Crippen MR) is 142 cm³/mol. The van der Waals surface area contributed by atoms with Gasteiger partial charge in [-0.25, -0.2) is 0 Å². The van der Waals surface area contributed by atoms with E-state index in [0.717, 1.165) is 32.8 Å². The van der Waals surface area contributed by atoms with Gasteiger partial charge in [-0.3, -0.25) is 9.80 Å². The molecule has 4 fully saturated rings. The van der Waals surface area contributed by atoms with Crippen molar-refractivity contribution >= 4 is 0 Å². The van der Waals surface area contributed by atoms with Gasteiger partial charge in [0.15, 0.2) is 0 Å². The lowest BCUT2D eigenvalue weighted by atomic mass is 9.59. The number of fused-ring (bicyclic) bond motifs is 2. The number of morpholine rings is 1. The molecule has 8 rings (SSSR count). The third-order valence-corrected chi connectivity index (χ3v) is 11.8. The van der Waals surface area contributed by atoms with Crippen LogP contribution in [-0.4, -0.2) is 65.9 Å². The summed E-state index contributed by atoms with van der Waals surface area (Å²) in [5, 5.41) is 0. The highest BCUT2D eigenvalue weighted by Crippen LogP contribution is 2.67. The van der Waals surface area contributed by atoms with Gasteiger partial charge in [0.25, 0.3) is 0 Å². The molecule has 3 aliphatic carbocycles. The van der Waals surface area contributed by atoms with Crippen molar-refractivity contribution in [1.29, 1.82) is 0 Å². The highest BCUT2D eigenvalue weighted by molar-refractivity contribution is 5.47. The number of allylic oxidation sites excluding steroid dienone is 1. The summed E-state index contributed by atoms with van der Waals surface area (Å²) >= 11 is 0. The molecule has 0 radical (unpaired) electrons. The minimum atomic E-state index is -0.0359. The summed E-state index contributed by atoms with van der Waals surface area (Å²) in [6.45, 7) is 8.95. The van der Waals surface area contributed by atoms with Crippen molar-refractivity contribution in [2.75, 3.05) is 32.8 Å². The molecule has 0 unspecified atom stereocenters. The van der Waals surface area contributed by atoms with Crippen molar-refractivity contribution < 1.29 is 9.47 Å². The zero-order valence-corrected chi connectivity index (χ0v) is 22.0. The molecule has 2 bridgehead atoms. The summed E-state index contributed by atoms with van der Waals surface area (Å²) in [4.78, 5) is 5.56. The number of nitrogens with zero attached hydrogens (tertiary/aromatic N) is 2. The van der Waals surface area contributed by atoms with Gasteiger partial charge in [-0.15, -0.1) is 0 Å². The molecule has 4 nitrogen and oxygen atoms in total. The molecule has 0 N–H and O–H groups in total. The van der Waals surface area contributed by atoms with Gasteiger partial charge in [-0.05, 0) is 91.4 Å². The molecule has 1 aromatic carbocycles. The summed E-state index contributed by atoms with van der Waals surface area (Å²) in [6, 6.07) is 10.5. The second-order valence-electron chi connectivity index (χ2n) is 13.2. The minimum Gasteiger partial charge on any atom is -0.379 e. The van der Waals surface area contributed by atoms with Crippen LogP contribution in [0.5, 0.6) is 0 Å². The van der Waals surface area contributed by atoms with Crippen molar-refractivity contribution in [1.82, 2.24) is 9.80 Å². The second kappa shape index (κ2) is 8.02. The second-order valence-corrected chi connectivity index (χ2v) is 13.2. The van der Waals surface area contributed by atoms with Crippen LogP contribution in [0.2, 0.25) is 0 Å². The van der Waals surface area contributed by atoms with Crippen LogP contribution < -0.4 is 0 Å². The number of benzene rings is 1. The Morgan fingerprint density at radius 1 is 0.917 bits per heavy atom. The maximum atomic E-state index is 7.56. The molecule has 4 heterocycles. The zero-order valence-electron chi connectivity index (χ0n) is 22.0. The molecule has 6 atom stereocenters. The molecular formula is C32H42N2O2. The molecule has 192 valence electrons. The highest BCUT2D eigenvalue weighted by atomic mass is 16.5. The van der Waals surface area contributed by atoms with E-state index in [0.29, 0.717) is 23.4 Å². The first-order valence-electron chi connectivity index (χ1n) is 14.8.